The average molecular weight is 156 g/mol. The van der Waals surface area contributed by atoms with E-state index in [9.17, 15) is 4.79 Å². The smallest absolute Gasteiger partial charge is 0.312 e. The molecular formula is C9H16O2. The normalized spacial score (nSPS) is 12.3. The molecule has 0 aromatic rings. The first-order valence-electron chi connectivity index (χ1n) is 3.92. The molecule has 0 radical (unpaired) electrons. The number of allylic oxidation sites excluding steroid dienone is 1. The summed E-state index contributed by atoms with van der Waals surface area (Å²) in [4.78, 5) is 10.6. The molecule has 0 spiro atoms. The van der Waals surface area contributed by atoms with Gasteiger partial charge >= 0.3 is 5.97 Å². The minimum atomic E-state index is -0.773. The summed E-state index contributed by atoms with van der Waals surface area (Å²) >= 11 is 0. The van der Waals surface area contributed by atoms with Gasteiger partial charge in [0.05, 0.1) is 5.41 Å². The van der Waals surface area contributed by atoms with Crippen LogP contribution in [0.15, 0.2) is 12.2 Å². The van der Waals surface area contributed by atoms with Crippen molar-refractivity contribution in [2.75, 3.05) is 0 Å². The second-order valence-corrected chi connectivity index (χ2v) is 3.22. The van der Waals surface area contributed by atoms with Crippen LogP contribution in [-0.4, -0.2) is 11.1 Å². The zero-order valence-corrected chi connectivity index (χ0v) is 7.42. The first kappa shape index (κ1) is 10.2. The number of carboxylic acids is 1. The lowest BCUT2D eigenvalue weighted by Gasteiger charge is -2.12. The van der Waals surface area contributed by atoms with E-state index in [4.69, 9.17) is 5.11 Å². The maximum absolute atomic E-state index is 10.6. The van der Waals surface area contributed by atoms with Crippen LogP contribution in [0.25, 0.3) is 0 Å². The third-order valence-corrected chi connectivity index (χ3v) is 1.54. The number of hydrogen-bond donors (Lipinski definition) is 1. The lowest BCUT2D eigenvalue weighted by Crippen LogP contribution is -2.20. The molecule has 0 saturated carbocycles. The number of carboxylic acid groups (broad SMARTS) is 1. The molecule has 0 atom stereocenters. The average Bonchev–Trinajstić information content (AvgIpc) is 1.88. The quantitative estimate of drug-likeness (QED) is 0.635. The van der Waals surface area contributed by atoms with Gasteiger partial charge in [0.1, 0.15) is 0 Å². The Morgan fingerprint density at radius 1 is 1.55 bits per heavy atom. The molecule has 0 heterocycles. The molecule has 0 fully saturated rings. The van der Waals surface area contributed by atoms with Crippen molar-refractivity contribution in [2.24, 2.45) is 5.41 Å². The number of aliphatic carboxylic acids is 1. The van der Waals surface area contributed by atoms with Gasteiger partial charge in [0.15, 0.2) is 0 Å². The van der Waals surface area contributed by atoms with Gasteiger partial charge in [0.25, 0.3) is 0 Å². The summed E-state index contributed by atoms with van der Waals surface area (Å²) in [5.41, 5.74) is -0.713. The summed E-state index contributed by atoms with van der Waals surface area (Å²) < 4.78 is 0. The standard InChI is InChI=1S/C9H16O2/c1-4-5-6-7-9(2,3)8(10)11/h6-7H,4-5H2,1-3H3,(H,10,11). The van der Waals surface area contributed by atoms with Gasteiger partial charge in [0, 0.05) is 0 Å². The van der Waals surface area contributed by atoms with Crippen LogP contribution in [0, 0.1) is 5.41 Å². The third kappa shape index (κ3) is 3.81. The van der Waals surface area contributed by atoms with Gasteiger partial charge in [-0.15, -0.1) is 0 Å². The zero-order valence-electron chi connectivity index (χ0n) is 7.42. The van der Waals surface area contributed by atoms with Crippen LogP contribution in [0.5, 0.6) is 0 Å². The summed E-state index contributed by atoms with van der Waals surface area (Å²) in [5.74, 6) is -0.773. The highest BCUT2D eigenvalue weighted by Gasteiger charge is 2.22. The van der Waals surface area contributed by atoms with Crippen molar-refractivity contribution in [3.05, 3.63) is 12.2 Å². The van der Waals surface area contributed by atoms with E-state index in [1.54, 1.807) is 19.9 Å². The zero-order chi connectivity index (χ0) is 8.91. The van der Waals surface area contributed by atoms with E-state index in [2.05, 4.69) is 6.92 Å². The Labute approximate surface area is 67.9 Å². The molecular weight excluding hydrogens is 140 g/mol. The first-order chi connectivity index (χ1) is 5.00. The fraction of sp³-hybridized carbons (Fsp3) is 0.667. The highest BCUT2D eigenvalue weighted by Crippen LogP contribution is 2.17. The van der Waals surface area contributed by atoms with Crippen molar-refractivity contribution in [3.8, 4) is 0 Å². The minimum Gasteiger partial charge on any atom is -0.481 e. The summed E-state index contributed by atoms with van der Waals surface area (Å²) in [6, 6.07) is 0. The number of hydrogen-bond acceptors (Lipinski definition) is 1. The van der Waals surface area contributed by atoms with Crippen molar-refractivity contribution >= 4 is 5.97 Å². The largest absolute Gasteiger partial charge is 0.481 e. The molecule has 64 valence electrons. The van der Waals surface area contributed by atoms with Gasteiger partial charge in [-0.25, -0.2) is 0 Å². The molecule has 2 nitrogen and oxygen atoms in total. The number of carbonyl (C=O) groups is 1. The Hall–Kier alpha value is -0.790. The highest BCUT2D eigenvalue weighted by atomic mass is 16.4. The Morgan fingerprint density at radius 3 is 2.45 bits per heavy atom. The maximum atomic E-state index is 10.6. The summed E-state index contributed by atoms with van der Waals surface area (Å²) in [7, 11) is 0. The molecule has 0 rings (SSSR count). The Morgan fingerprint density at radius 2 is 2.09 bits per heavy atom. The monoisotopic (exact) mass is 156 g/mol. The van der Waals surface area contributed by atoms with Crippen LogP contribution in [0.4, 0.5) is 0 Å². The summed E-state index contributed by atoms with van der Waals surface area (Å²) in [5, 5.41) is 8.69. The van der Waals surface area contributed by atoms with E-state index in [-0.39, 0.29) is 0 Å². The van der Waals surface area contributed by atoms with Gasteiger partial charge in [-0.05, 0) is 20.3 Å². The minimum absolute atomic E-state index is 0.713. The van der Waals surface area contributed by atoms with Crippen molar-refractivity contribution in [3.63, 3.8) is 0 Å². The van der Waals surface area contributed by atoms with Crippen molar-refractivity contribution in [1.82, 2.24) is 0 Å². The molecule has 0 amide bonds. The number of unbranched alkanes of at least 4 members (excludes halogenated alkanes) is 1. The SMILES string of the molecule is CCCC=CC(C)(C)C(=O)O. The van der Waals surface area contributed by atoms with Crippen molar-refractivity contribution in [2.45, 2.75) is 33.6 Å². The van der Waals surface area contributed by atoms with Crippen LogP contribution >= 0.6 is 0 Å². The van der Waals surface area contributed by atoms with Gasteiger partial charge < -0.3 is 5.11 Å². The second-order valence-electron chi connectivity index (χ2n) is 3.22. The van der Waals surface area contributed by atoms with E-state index < -0.39 is 11.4 Å². The highest BCUT2D eigenvalue weighted by molar-refractivity contribution is 5.75. The second kappa shape index (κ2) is 4.16. The van der Waals surface area contributed by atoms with Crippen LogP contribution in [0.3, 0.4) is 0 Å². The molecule has 0 aliphatic heterocycles. The third-order valence-electron chi connectivity index (χ3n) is 1.54. The van der Waals surface area contributed by atoms with Crippen molar-refractivity contribution < 1.29 is 9.90 Å². The molecule has 0 unspecified atom stereocenters. The van der Waals surface area contributed by atoms with Crippen LogP contribution in [0.2, 0.25) is 0 Å². The lowest BCUT2D eigenvalue weighted by molar-refractivity contribution is -0.144. The Bertz CT molecular complexity index is 157. The lowest BCUT2D eigenvalue weighted by atomic mass is 9.93. The number of rotatable bonds is 4. The molecule has 11 heavy (non-hydrogen) atoms. The molecule has 1 N–H and O–H groups in total. The van der Waals surface area contributed by atoms with Crippen molar-refractivity contribution in [1.29, 1.82) is 0 Å². The van der Waals surface area contributed by atoms with E-state index in [1.807, 2.05) is 6.08 Å². The maximum Gasteiger partial charge on any atom is 0.312 e. The van der Waals surface area contributed by atoms with Gasteiger partial charge in [-0.2, -0.15) is 0 Å². The van der Waals surface area contributed by atoms with Gasteiger partial charge in [0.2, 0.25) is 0 Å². The molecule has 0 bridgehead atoms. The van der Waals surface area contributed by atoms with E-state index in [0.717, 1.165) is 12.8 Å². The van der Waals surface area contributed by atoms with E-state index in [0.29, 0.717) is 0 Å². The molecule has 0 aliphatic rings. The predicted molar refractivity (Wildman–Crippen MR) is 45.5 cm³/mol. The summed E-state index contributed by atoms with van der Waals surface area (Å²) in [6.45, 7) is 5.46. The first-order valence-corrected chi connectivity index (χ1v) is 3.92. The van der Waals surface area contributed by atoms with Crippen LogP contribution < -0.4 is 0 Å². The topological polar surface area (TPSA) is 37.3 Å². The fourth-order valence-electron chi connectivity index (χ4n) is 0.616. The molecule has 0 aromatic carbocycles. The molecule has 0 saturated heterocycles. The van der Waals surface area contributed by atoms with E-state index >= 15 is 0 Å². The molecule has 0 aromatic heterocycles. The van der Waals surface area contributed by atoms with E-state index in [1.165, 1.54) is 0 Å². The predicted octanol–water partition coefficient (Wildman–Crippen LogP) is 2.45. The van der Waals surface area contributed by atoms with Gasteiger partial charge in [-0.3, -0.25) is 4.79 Å². The molecule has 0 aliphatic carbocycles. The van der Waals surface area contributed by atoms with Gasteiger partial charge in [-0.1, -0.05) is 25.5 Å². The molecule has 2 heteroatoms. The fourth-order valence-corrected chi connectivity index (χ4v) is 0.616. The Kier molecular flexibility index (Phi) is 3.86. The van der Waals surface area contributed by atoms with Crippen LogP contribution in [-0.2, 0) is 4.79 Å². The van der Waals surface area contributed by atoms with Crippen LogP contribution in [0.1, 0.15) is 33.6 Å². The summed E-state index contributed by atoms with van der Waals surface area (Å²) in [6.07, 6.45) is 5.69. The Balaban J connectivity index is 4.00.